The number of aromatic nitrogens is 5. The molecule has 0 aliphatic heterocycles. The molecule has 0 aliphatic rings. The molecule has 0 radical (unpaired) electrons. The molecular weight excluding hydrogens is 408 g/mol. The van der Waals surface area contributed by atoms with Crippen molar-refractivity contribution in [2.75, 3.05) is 12.4 Å². The summed E-state index contributed by atoms with van der Waals surface area (Å²) in [6.07, 6.45) is 6.15. The highest BCUT2D eigenvalue weighted by Crippen LogP contribution is 2.38. The van der Waals surface area contributed by atoms with E-state index in [0.29, 0.717) is 11.5 Å². The minimum Gasteiger partial charge on any atom is -0.379 e. The molecule has 154 valence electrons. The zero-order chi connectivity index (χ0) is 21.4. The number of aliphatic hydroxyl groups excluding tert-OH is 1. The summed E-state index contributed by atoms with van der Waals surface area (Å²) in [4.78, 5) is 18.0. The molecule has 5 aromatic rings. The van der Waals surface area contributed by atoms with E-state index in [2.05, 4.69) is 32.4 Å². The van der Waals surface area contributed by atoms with Crippen LogP contribution < -0.4 is 5.32 Å². The highest BCUT2D eigenvalue weighted by Gasteiger charge is 2.17. The molecule has 0 saturated heterocycles. The summed E-state index contributed by atoms with van der Waals surface area (Å²) in [5.74, 6) is 0.557. The molecule has 1 atom stereocenters. The van der Waals surface area contributed by atoms with Crippen LogP contribution in [0.3, 0.4) is 0 Å². The Morgan fingerprint density at radius 1 is 1.03 bits per heavy atom. The molecule has 2 N–H and O–H groups in total. The third-order valence-electron chi connectivity index (χ3n) is 5.15. The van der Waals surface area contributed by atoms with Gasteiger partial charge in [0.25, 0.3) is 0 Å². The highest BCUT2D eigenvalue weighted by atomic mass is 32.1. The van der Waals surface area contributed by atoms with Gasteiger partial charge in [-0.05, 0) is 35.9 Å². The average Bonchev–Trinajstić information content (AvgIpc) is 3.44. The van der Waals surface area contributed by atoms with Gasteiger partial charge in [0, 0.05) is 50.0 Å². The largest absolute Gasteiger partial charge is 0.379 e. The number of fused-ring (bicyclic) bond motifs is 1. The van der Waals surface area contributed by atoms with E-state index in [0.717, 1.165) is 37.7 Å². The number of benzene rings is 1. The molecule has 8 heteroatoms. The summed E-state index contributed by atoms with van der Waals surface area (Å²) in [6.45, 7) is 0. The number of imidazole rings is 1. The molecule has 0 spiro atoms. The topological polar surface area (TPSA) is 88.8 Å². The first-order valence-electron chi connectivity index (χ1n) is 9.79. The van der Waals surface area contributed by atoms with Crippen molar-refractivity contribution in [3.05, 3.63) is 78.8 Å². The van der Waals surface area contributed by atoms with Gasteiger partial charge in [-0.1, -0.05) is 23.5 Å². The number of hydrogen-bond acceptors (Lipinski definition) is 7. The summed E-state index contributed by atoms with van der Waals surface area (Å²) in [7, 11) is 3.72. The average molecular weight is 429 g/mol. The summed E-state index contributed by atoms with van der Waals surface area (Å²) < 4.78 is 2.87. The first kappa shape index (κ1) is 19.3. The predicted octanol–water partition coefficient (Wildman–Crippen LogP) is 4.28. The van der Waals surface area contributed by atoms with Gasteiger partial charge in [-0.3, -0.25) is 9.97 Å². The molecule has 0 amide bonds. The summed E-state index contributed by atoms with van der Waals surface area (Å²) >= 11 is 1.61. The minimum absolute atomic E-state index is 0.551. The van der Waals surface area contributed by atoms with Crippen molar-refractivity contribution in [1.29, 1.82) is 0 Å². The van der Waals surface area contributed by atoms with Crippen LogP contribution in [-0.4, -0.2) is 36.7 Å². The third kappa shape index (κ3) is 3.56. The second-order valence-electron chi connectivity index (χ2n) is 7.13. The van der Waals surface area contributed by atoms with Gasteiger partial charge >= 0.3 is 0 Å². The maximum absolute atomic E-state index is 10.6. The van der Waals surface area contributed by atoms with Crippen LogP contribution in [0, 0.1) is 0 Å². The van der Waals surface area contributed by atoms with Crippen molar-refractivity contribution in [2.45, 2.75) is 6.10 Å². The Labute approximate surface area is 183 Å². The lowest BCUT2D eigenvalue weighted by Crippen LogP contribution is -2.08. The standard InChI is InChI=1S/C23H20N6OS/c1-24-23-28-19-12-15(11-16(21(19)31-23)17-5-3-4-8-25-17)14-6-7-18(27-13-14)20(30)22-26-9-10-29(22)2/h3-13,20,30H,1-2H3,(H,24,28). The maximum atomic E-state index is 10.6. The van der Waals surface area contributed by atoms with E-state index in [4.69, 9.17) is 4.98 Å². The lowest BCUT2D eigenvalue weighted by molar-refractivity contribution is 0.201. The lowest BCUT2D eigenvalue weighted by atomic mass is 10.0. The van der Waals surface area contributed by atoms with Gasteiger partial charge in [0.1, 0.15) is 5.82 Å². The van der Waals surface area contributed by atoms with Crippen molar-refractivity contribution < 1.29 is 5.11 Å². The molecule has 1 aromatic carbocycles. The summed E-state index contributed by atoms with van der Waals surface area (Å²) in [5.41, 5.74) is 5.32. The van der Waals surface area contributed by atoms with E-state index in [9.17, 15) is 5.11 Å². The molecule has 0 bridgehead atoms. The third-order valence-corrected chi connectivity index (χ3v) is 6.27. The highest BCUT2D eigenvalue weighted by molar-refractivity contribution is 7.22. The van der Waals surface area contributed by atoms with Crippen molar-refractivity contribution in [3.8, 4) is 22.4 Å². The number of aliphatic hydroxyl groups is 1. The van der Waals surface area contributed by atoms with E-state index in [1.165, 1.54) is 0 Å². The van der Waals surface area contributed by atoms with Gasteiger partial charge in [-0.15, -0.1) is 0 Å². The fourth-order valence-corrected chi connectivity index (χ4v) is 4.45. The normalized spacial score (nSPS) is 12.2. The Morgan fingerprint density at radius 2 is 1.94 bits per heavy atom. The van der Waals surface area contributed by atoms with Crippen LogP contribution in [-0.2, 0) is 7.05 Å². The molecule has 0 saturated carbocycles. The fourth-order valence-electron chi connectivity index (χ4n) is 3.53. The smallest absolute Gasteiger partial charge is 0.183 e. The number of pyridine rings is 2. The zero-order valence-corrected chi connectivity index (χ0v) is 17.8. The molecule has 7 nitrogen and oxygen atoms in total. The summed E-state index contributed by atoms with van der Waals surface area (Å²) in [6, 6.07) is 13.9. The van der Waals surface area contributed by atoms with Crippen LogP contribution in [0.25, 0.3) is 32.6 Å². The van der Waals surface area contributed by atoms with E-state index >= 15 is 0 Å². The van der Waals surface area contributed by atoms with Crippen molar-refractivity contribution in [3.63, 3.8) is 0 Å². The van der Waals surface area contributed by atoms with E-state index in [-0.39, 0.29) is 0 Å². The first-order chi connectivity index (χ1) is 15.1. The monoisotopic (exact) mass is 428 g/mol. The number of nitrogens with one attached hydrogen (secondary N) is 1. The maximum Gasteiger partial charge on any atom is 0.183 e. The van der Waals surface area contributed by atoms with E-state index in [1.54, 1.807) is 40.7 Å². The van der Waals surface area contributed by atoms with Crippen LogP contribution in [0.1, 0.15) is 17.6 Å². The Morgan fingerprint density at radius 3 is 2.61 bits per heavy atom. The Hall–Kier alpha value is -3.62. The lowest BCUT2D eigenvalue weighted by Gasteiger charge is -2.11. The van der Waals surface area contributed by atoms with Gasteiger partial charge in [-0.25, -0.2) is 9.97 Å². The second-order valence-corrected chi connectivity index (χ2v) is 8.13. The fraction of sp³-hybridized carbons (Fsp3) is 0.130. The molecule has 0 aliphatic carbocycles. The van der Waals surface area contributed by atoms with Gasteiger partial charge < -0.3 is 15.0 Å². The van der Waals surface area contributed by atoms with Gasteiger partial charge in [0.15, 0.2) is 11.2 Å². The van der Waals surface area contributed by atoms with E-state index in [1.807, 2.05) is 44.4 Å². The summed E-state index contributed by atoms with van der Waals surface area (Å²) in [5, 5.41) is 14.6. The van der Waals surface area contributed by atoms with Gasteiger partial charge in [-0.2, -0.15) is 0 Å². The number of nitrogens with zero attached hydrogens (tertiary/aromatic N) is 5. The number of thiazole rings is 1. The molecule has 0 fully saturated rings. The SMILES string of the molecule is CNc1nc2cc(-c3ccc(C(O)c4nccn4C)nc3)cc(-c3ccccn3)c2s1. The number of aryl methyl sites for hydroxylation is 1. The number of hydrogen-bond donors (Lipinski definition) is 2. The number of anilines is 1. The molecule has 31 heavy (non-hydrogen) atoms. The van der Waals surface area contributed by atoms with Crippen LogP contribution >= 0.6 is 11.3 Å². The van der Waals surface area contributed by atoms with Crippen molar-refractivity contribution in [1.82, 2.24) is 24.5 Å². The quantitative estimate of drug-likeness (QED) is 0.434. The Kier molecular flexibility index (Phi) is 4.93. The van der Waals surface area contributed by atoms with Crippen LogP contribution in [0.4, 0.5) is 5.13 Å². The van der Waals surface area contributed by atoms with Crippen molar-refractivity contribution >= 4 is 26.7 Å². The molecule has 4 heterocycles. The zero-order valence-electron chi connectivity index (χ0n) is 17.0. The molecule has 4 aromatic heterocycles. The minimum atomic E-state index is -0.877. The second kappa shape index (κ2) is 7.90. The number of rotatable bonds is 5. The van der Waals surface area contributed by atoms with Gasteiger partial charge in [0.05, 0.1) is 21.6 Å². The van der Waals surface area contributed by atoms with E-state index < -0.39 is 6.10 Å². The predicted molar refractivity (Wildman–Crippen MR) is 123 cm³/mol. The van der Waals surface area contributed by atoms with Crippen LogP contribution in [0.5, 0.6) is 0 Å². The van der Waals surface area contributed by atoms with Crippen LogP contribution in [0.2, 0.25) is 0 Å². The first-order valence-corrected chi connectivity index (χ1v) is 10.6. The van der Waals surface area contributed by atoms with Crippen molar-refractivity contribution in [2.24, 2.45) is 7.05 Å². The Balaban J connectivity index is 1.58. The molecular formula is C23H20N6OS. The van der Waals surface area contributed by atoms with Gasteiger partial charge in [0.2, 0.25) is 0 Å². The molecule has 1 unspecified atom stereocenters. The molecule has 5 rings (SSSR count). The Bertz CT molecular complexity index is 1340. The van der Waals surface area contributed by atoms with Crippen LogP contribution in [0.15, 0.2) is 67.3 Å².